The van der Waals surface area contributed by atoms with Gasteiger partial charge in [-0.1, -0.05) is 49.4 Å². The molecule has 0 spiro atoms. The third kappa shape index (κ3) is 6.59. The average Bonchev–Trinajstić information content (AvgIpc) is 2.80. The Bertz CT molecular complexity index is 1110. The van der Waals surface area contributed by atoms with Crippen LogP contribution in [0.3, 0.4) is 0 Å². The summed E-state index contributed by atoms with van der Waals surface area (Å²) < 4.78 is 31.7. The van der Waals surface area contributed by atoms with Crippen molar-refractivity contribution in [3.63, 3.8) is 0 Å². The zero-order valence-corrected chi connectivity index (χ0v) is 19.1. The maximum atomic E-state index is 12.4. The first-order valence-electron chi connectivity index (χ1n) is 10.5. The lowest BCUT2D eigenvalue weighted by Gasteiger charge is -2.23. The fourth-order valence-corrected chi connectivity index (χ4v) is 4.07. The van der Waals surface area contributed by atoms with Gasteiger partial charge in [0, 0.05) is 5.56 Å². The number of carbonyl (C=O) groups is 1. The van der Waals surface area contributed by atoms with Gasteiger partial charge in [-0.05, 0) is 53.9 Å². The number of para-hydroxylation sites is 1. The third-order valence-corrected chi connectivity index (χ3v) is 6.12. The van der Waals surface area contributed by atoms with Gasteiger partial charge < -0.3 is 10.1 Å². The van der Waals surface area contributed by atoms with Crippen molar-refractivity contribution in [2.45, 2.75) is 19.9 Å². The molecular weight excluding hydrogens is 424 g/mol. The molecule has 0 heterocycles. The van der Waals surface area contributed by atoms with Crippen LogP contribution < -0.4 is 14.4 Å². The summed E-state index contributed by atoms with van der Waals surface area (Å²) in [6, 6.07) is 23.9. The highest BCUT2D eigenvalue weighted by Crippen LogP contribution is 2.21. The fourth-order valence-electron chi connectivity index (χ4n) is 3.18. The molecule has 3 rings (SSSR count). The van der Waals surface area contributed by atoms with Crippen LogP contribution in [0, 0.1) is 0 Å². The molecule has 7 heteroatoms. The molecule has 0 aromatic heterocycles. The van der Waals surface area contributed by atoms with E-state index in [0.717, 1.165) is 23.3 Å². The molecule has 0 saturated carbocycles. The van der Waals surface area contributed by atoms with Crippen molar-refractivity contribution in [1.82, 2.24) is 5.32 Å². The Labute approximate surface area is 189 Å². The smallest absolute Gasteiger partial charge is 0.251 e. The van der Waals surface area contributed by atoms with E-state index in [-0.39, 0.29) is 12.5 Å². The van der Waals surface area contributed by atoms with E-state index in [4.69, 9.17) is 4.74 Å². The quantitative estimate of drug-likeness (QED) is 0.472. The molecule has 0 fully saturated rings. The summed E-state index contributed by atoms with van der Waals surface area (Å²) in [5, 5.41) is 2.82. The van der Waals surface area contributed by atoms with Crippen molar-refractivity contribution in [3.05, 3.63) is 95.6 Å². The van der Waals surface area contributed by atoms with Gasteiger partial charge in [0.1, 0.15) is 12.4 Å². The molecule has 0 bridgehead atoms. The first-order chi connectivity index (χ1) is 15.4. The lowest BCUT2D eigenvalue weighted by Crippen LogP contribution is -2.29. The Hall–Kier alpha value is -3.32. The van der Waals surface area contributed by atoms with Crippen molar-refractivity contribution >= 4 is 21.6 Å². The van der Waals surface area contributed by atoms with Crippen LogP contribution in [0.4, 0.5) is 5.69 Å². The van der Waals surface area contributed by atoms with Crippen LogP contribution in [-0.4, -0.2) is 33.7 Å². The molecule has 0 aliphatic carbocycles. The Morgan fingerprint density at radius 2 is 1.53 bits per heavy atom. The number of hydrogen-bond donors (Lipinski definition) is 1. The first-order valence-corrected chi connectivity index (χ1v) is 12.3. The van der Waals surface area contributed by atoms with Crippen LogP contribution in [0.1, 0.15) is 28.4 Å². The monoisotopic (exact) mass is 452 g/mol. The number of nitrogens with zero attached hydrogens (tertiary/aromatic N) is 1. The number of sulfonamides is 1. The minimum absolute atomic E-state index is 0.192. The highest BCUT2D eigenvalue weighted by Gasteiger charge is 2.18. The van der Waals surface area contributed by atoms with E-state index < -0.39 is 10.0 Å². The van der Waals surface area contributed by atoms with E-state index in [9.17, 15) is 13.2 Å². The van der Waals surface area contributed by atoms with Crippen LogP contribution in [0.2, 0.25) is 0 Å². The van der Waals surface area contributed by atoms with Gasteiger partial charge in [-0.2, -0.15) is 0 Å². The maximum absolute atomic E-state index is 12.4. The molecule has 1 amide bonds. The van der Waals surface area contributed by atoms with Crippen molar-refractivity contribution in [1.29, 1.82) is 0 Å². The first kappa shape index (κ1) is 23.3. The zero-order chi connectivity index (χ0) is 23.0. The maximum Gasteiger partial charge on any atom is 0.251 e. The second-order valence-electron chi connectivity index (χ2n) is 7.40. The van der Waals surface area contributed by atoms with Gasteiger partial charge >= 0.3 is 0 Å². The Balaban J connectivity index is 1.58. The summed E-state index contributed by atoms with van der Waals surface area (Å²) in [5.74, 6) is 0.550. The number of rotatable bonds is 10. The number of anilines is 1. The summed E-state index contributed by atoms with van der Waals surface area (Å²) in [6.45, 7) is 2.99. The van der Waals surface area contributed by atoms with E-state index in [1.807, 2.05) is 54.6 Å². The third-order valence-electron chi connectivity index (χ3n) is 4.97. The molecule has 3 aromatic carbocycles. The predicted octanol–water partition coefficient (Wildman–Crippen LogP) is 4.02. The molecule has 0 aliphatic heterocycles. The van der Waals surface area contributed by atoms with Crippen LogP contribution in [-0.2, 0) is 23.0 Å². The molecule has 0 aliphatic rings. The highest BCUT2D eigenvalue weighted by molar-refractivity contribution is 7.92. The largest absolute Gasteiger partial charge is 0.492 e. The Morgan fingerprint density at radius 1 is 0.906 bits per heavy atom. The van der Waals surface area contributed by atoms with E-state index >= 15 is 0 Å². The summed E-state index contributed by atoms with van der Waals surface area (Å²) in [7, 11) is -3.46. The van der Waals surface area contributed by atoms with Gasteiger partial charge in [0.2, 0.25) is 10.0 Å². The van der Waals surface area contributed by atoms with Gasteiger partial charge in [-0.3, -0.25) is 9.10 Å². The molecule has 1 N–H and O–H groups in total. The molecule has 6 nitrogen and oxygen atoms in total. The number of aryl methyl sites for hydroxylation is 1. The fraction of sp³-hybridized carbons (Fsp3) is 0.240. The molecule has 0 saturated heterocycles. The van der Waals surface area contributed by atoms with Gasteiger partial charge in [-0.25, -0.2) is 8.42 Å². The van der Waals surface area contributed by atoms with E-state index in [0.29, 0.717) is 24.4 Å². The summed E-state index contributed by atoms with van der Waals surface area (Å²) >= 11 is 0. The topological polar surface area (TPSA) is 75.7 Å². The van der Waals surface area contributed by atoms with Crippen LogP contribution >= 0.6 is 0 Å². The van der Waals surface area contributed by atoms with Crippen molar-refractivity contribution in [2.75, 3.05) is 23.7 Å². The molecule has 0 atom stereocenters. The minimum Gasteiger partial charge on any atom is -0.492 e. The van der Waals surface area contributed by atoms with Gasteiger partial charge in [0.05, 0.1) is 25.0 Å². The lowest BCUT2D eigenvalue weighted by atomic mass is 10.1. The van der Waals surface area contributed by atoms with Crippen LogP contribution in [0.5, 0.6) is 5.75 Å². The zero-order valence-electron chi connectivity index (χ0n) is 18.3. The summed E-state index contributed by atoms with van der Waals surface area (Å²) in [5.41, 5.74) is 3.06. The molecule has 0 radical (unpaired) electrons. The van der Waals surface area contributed by atoms with E-state index in [2.05, 4.69) is 12.2 Å². The van der Waals surface area contributed by atoms with Crippen LogP contribution in [0.25, 0.3) is 0 Å². The molecule has 0 unspecified atom stereocenters. The van der Waals surface area contributed by atoms with Crippen molar-refractivity contribution in [3.8, 4) is 5.75 Å². The SMILES string of the molecule is CCc1ccc(N(Cc2ccc(C(=O)NCCOc3ccccc3)cc2)S(C)(=O)=O)cc1. The minimum atomic E-state index is -3.46. The Kier molecular flexibility index (Phi) is 7.89. The highest BCUT2D eigenvalue weighted by atomic mass is 32.2. The van der Waals surface area contributed by atoms with Crippen molar-refractivity contribution < 1.29 is 17.9 Å². The second-order valence-corrected chi connectivity index (χ2v) is 9.31. The van der Waals surface area contributed by atoms with Crippen LogP contribution in [0.15, 0.2) is 78.9 Å². The number of nitrogens with one attached hydrogen (secondary N) is 1. The molecule has 32 heavy (non-hydrogen) atoms. The summed E-state index contributed by atoms with van der Waals surface area (Å²) in [4.78, 5) is 12.4. The predicted molar refractivity (Wildman–Crippen MR) is 128 cm³/mol. The number of carbonyl (C=O) groups excluding carboxylic acids is 1. The normalized spacial score (nSPS) is 11.1. The summed E-state index contributed by atoms with van der Waals surface area (Å²) in [6.07, 6.45) is 2.08. The van der Waals surface area contributed by atoms with Gasteiger partial charge in [-0.15, -0.1) is 0 Å². The molecular formula is C25H28N2O4S. The van der Waals surface area contributed by atoms with Gasteiger partial charge in [0.25, 0.3) is 5.91 Å². The Morgan fingerprint density at radius 3 is 2.12 bits per heavy atom. The second kappa shape index (κ2) is 10.8. The number of benzene rings is 3. The number of ether oxygens (including phenoxy) is 1. The standard InChI is InChI=1S/C25H28N2O4S/c1-3-20-11-15-23(16-12-20)27(32(2,29)30)19-21-9-13-22(14-10-21)25(28)26-17-18-31-24-7-5-4-6-8-24/h4-16H,3,17-19H2,1-2H3,(H,26,28). The molecule has 168 valence electrons. The number of hydrogen-bond acceptors (Lipinski definition) is 4. The molecule has 3 aromatic rings. The lowest BCUT2D eigenvalue weighted by molar-refractivity contribution is 0.0947. The average molecular weight is 453 g/mol. The number of amides is 1. The van der Waals surface area contributed by atoms with E-state index in [1.54, 1.807) is 24.3 Å². The van der Waals surface area contributed by atoms with E-state index in [1.165, 1.54) is 10.6 Å². The van der Waals surface area contributed by atoms with Gasteiger partial charge in [0.15, 0.2) is 0 Å². The van der Waals surface area contributed by atoms with Crippen molar-refractivity contribution in [2.24, 2.45) is 0 Å².